The monoisotopic (exact) mass is 339 g/mol. The predicted octanol–water partition coefficient (Wildman–Crippen LogP) is 2.45. The molecule has 0 saturated carbocycles. The maximum Gasteiger partial charge on any atom is 0.253 e. The van der Waals surface area contributed by atoms with Gasteiger partial charge in [-0.05, 0) is 62.5 Å². The van der Waals surface area contributed by atoms with E-state index >= 15 is 0 Å². The Morgan fingerprint density at radius 2 is 2.09 bits per heavy atom. The van der Waals surface area contributed by atoms with Gasteiger partial charge in [0.1, 0.15) is 0 Å². The third-order valence-corrected chi connectivity index (χ3v) is 4.09. The lowest BCUT2D eigenvalue weighted by Gasteiger charge is -2.14. The van der Waals surface area contributed by atoms with E-state index < -0.39 is 0 Å². The van der Waals surface area contributed by atoms with Crippen LogP contribution in [0.1, 0.15) is 35.2 Å². The van der Waals surface area contributed by atoms with Crippen molar-refractivity contribution in [1.29, 1.82) is 0 Å². The standard InChI is InChI=1S/C17H25N3O2.ClH/c1-12-10-14(5-6-15(12)17(22)20(2)3)19-16(21)7-4-13-8-9-18-11-13;/h5-6,10,13,18H,4,7-9,11H2,1-3H3,(H,19,21);1H. The summed E-state index contributed by atoms with van der Waals surface area (Å²) in [5, 5.41) is 6.23. The van der Waals surface area contributed by atoms with E-state index in [0.29, 0.717) is 17.9 Å². The summed E-state index contributed by atoms with van der Waals surface area (Å²) < 4.78 is 0. The molecule has 1 atom stereocenters. The van der Waals surface area contributed by atoms with Crippen LogP contribution in [0, 0.1) is 12.8 Å². The van der Waals surface area contributed by atoms with Crippen molar-refractivity contribution in [3.05, 3.63) is 29.3 Å². The molecule has 128 valence electrons. The van der Waals surface area contributed by atoms with Crippen LogP contribution in [-0.2, 0) is 4.79 Å². The van der Waals surface area contributed by atoms with Crippen LogP contribution in [0.15, 0.2) is 18.2 Å². The van der Waals surface area contributed by atoms with Crippen molar-refractivity contribution in [3.63, 3.8) is 0 Å². The van der Waals surface area contributed by atoms with Gasteiger partial charge in [0.25, 0.3) is 5.91 Å². The van der Waals surface area contributed by atoms with Crippen molar-refractivity contribution < 1.29 is 9.59 Å². The molecular weight excluding hydrogens is 314 g/mol. The minimum absolute atomic E-state index is 0. The molecule has 1 aromatic carbocycles. The second kappa shape index (κ2) is 8.89. The minimum Gasteiger partial charge on any atom is -0.345 e. The number of nitrogens with zero attached hydrogens (tertiary/aromatic N) is 1. The van der Waals surface area contributed by atoms with Gasteiger partial charge >= 0.3 is 0 Å². The van der Waals surface area contributed by atoms with Gasteiger partial charge in [0, 0.05) is 31.8 Å². The molecular formula is C17H26ClN3O2. The summed E-state index contributed by atoms with van der Waals surface area (Å²) in [6.07, 6.45) is 2.63. The molecule has 2 rings (SSSR count). The van der Waals surface area contributed by atoms with E-state index in [9.17, 15) is 9.59 Å². The highest BCUT2D eigenvalue weighted by Gasteiger charge is 2.16. The number of hydrogen-bond donors (Lipinski definition) is 2. The normalized spacial score (nSPS) is 16.6. The first-order valence-corrected chi connectivity index (χ1v) is 7.80. The third-order valence-electron chi connectivity index (χ3n) is 4.09. The van der Waals surface area contributed by atoms with Gasteiger partial charge in [-0.2, -0.15) is 0 Å². The first-order valence-electron chi connectivity index (χ1n) is 7.80. The van der Waals surface area contributed by atoms with E-state index in [2.05, 4.69) is 10.6 Å². The lowest BCUT2D eigenvalue weighted by atomic mass is 10.0. The summed E-state index contributed by atoms with van der Waals surface area (Å²) in [7, 11) is 3.46. The zero-order valence-electron chi connectivity index (χ0n) is 14.0. The number of anilines is 1. The highest BCUT2D eigenvalue weighted by Crippen LogP contribution is 2.18. The van der Waals surface area contributed by atoms with Crippen LogP contribution in [0.3, 0.4) is 0 Å². The van der Waals surface area contributed by atoms with Crippen LogP contribution in [0.2, 0.25) is 0 Å². The molecule has 1 fully saturated rings. The van der Waals surface area contributed by atoms with Gasteiger partial charge in [-0.1, -0.05) is 0 Å². The Hall–Kier alpha value is -1.59. The van der Waals surface area contributed by atoms with Gasteiger partial charge in [0.2, 0.25) is 5.91 Å². The zero-order valence-corrected chi connectivity index (χ0v) is 14.8. The lowest BCUT2D eigenvalue weighted by Crippen LogP contribution is -2.22. The van der Waals surface area contributed by atoms with Gasteiger partial charge in [-0.15, -0.1) is 12.4 Å². The van der Waals surface area contributed by atoms with E-state index in [1.807, 2.05) is 13.0 Å². The molecule has 1 unspecified atom stereocenters. The van der Waals surface area contributed by atoms with Crippen LogP contribution in [-0.4, -0.2) is 43.9 Å². The smallest absolute Gasteiger partial charge is 0.253 e. The van der Waals surface area contributed by atoms with Crippen molar-refractivity contribution in [2.45, 2.75) is 26.2 Å². The van der Waals surface area contributed by atoms with Crippen LogP contribution >= 0.6 is 12.4 Å². The second-order valence-corrected chi connectivity index (χ2v) is 6.17. The average Bonchev–Trinajstić information content (AvgIpc) is 2.98. The quantitative estimate of drug-likeness (QED) is 0.866. The number of carbonyl (C=O) groups excluding carboxylic acids is 2. The summed E-state index contributed by atoms with van der Waals surface area (Å²) >= 11 is 0. The van der Waals surface area contributed by atoms with Gasteiger partial charge in [0.05, 0.1) is 0 Å². The molecule has 1 heterocycles. The van der Waals surface area contributed by atoms with Gasteiger partial charge in [-0.3, -0.25) is 9.59 Å². The summed E-state index contributed by atoms with van der Waals surface area (Å²) in [6.45, 7) is 3.97. The molecule has 23 heavy (non-hydrogen) atoms. The molecule has 1 aromatic rings. The number of halogens is 1. The molecule has 1 aliphatic heterocycles. The van der Waals surface area contributed by atoms with Crippen molar-refractivity contribution in [2.75, 3.05) is 32.5 Å². The topological polar surface area (TPSA) is 61.4 Å². The van der Waals surface area contributed by atoms with E-state index in [4.69, 9.17) is 0 Å². The Kier molecular flexibility index (Phi) is 7.52. The molecule has 0 bridgehead atoms. The highest BCUT2D eigenvalue weighted by molar-refractivity contribution is 5.97. The molecule has 6 heteroatoms. The average molecular weight is 340 g/mol. The summed E-state index contributed by atoms with van der Waals surface area (Å²) in [5.74, 6) is 0.634. The molecule has 5 nitrogen and oxygen atoms in total. The van der Waals surface area contributed by atoms with Crippen LogP contribution < -0.4 is 10.6 Å². The Morgan fingerprint density at radius 1 is 1.35 bits per heavy atom. The van der Waals surface area contributed by atoms with Gasteiger partial charge in [0.15, 0.2) is 0 Å². The number of nitrogens with one attached hydrogen (secondary N) is 2. The highest BCUT2D eigenvalue weighted by atomic mass is 35.5. The predicted molar refractivity (Wildman–Crippen MR) is 95.3 cm³/mol. The zero-order chi connectivity index (χ0) is 16.1. The van der Waals surface area contributed by atoms with Crippen LogP contribution in [0.5, 0.6) is 0 Å². The Labute approximate surface area is 144 Å². The number of carbonyl (C=O) groups is 2. The molecule has 0 aromatic heterocycles. The Morgan fingerprint density at radius 3 is 2.65 bits per heavy atom. The fraction of sp³-hybridized carbons (Fsp3) is 0.529. The maximum atomic E-state index is 12.0. The molecule has 0 radical (unpaired) electrons. The van der Waals surface area contributed by atoms with Crippen LogP contribution in [0.4, 0.5) is 5.69 Å². The fourth-order valence-corrected chi connectivity index (χ4v) is 2.74. The number of benzene rings is 1. The SMILES string of the molecule is Cc1cc(NC(=O)CCC2CCNC2)ccc1C(=O)N(C)C.Cl. The summed E-state index contributed by atoms with van der Waals surface area (Å²) in [5.41, 5.74) is 2.29. The van der Waals surface area contributed by atoms with E-state index in [-0.39, 0.29) is 24.2 Å². The minimum atomic E-state index is -0.0240. The maximum absolute atomic E-state index is 12.0. The van der Waals surface area contributed by atoms with Crippen molar-refractivity contribution in [1.82, 2.24) is 10.2 Å². The van der Waals surface area contributed by atoms with Gasteiger partial charge in [-0.25, -0.2) is 0 Å². The molecule has 0 spiro atoms. The Bertz CT molecular complexity index is 555. The van der Waals surface area contributed by atoms with Crippen molar-refractivity contribution in [2.24, 2.45) is 5.92 Å². The molecule has 1 aliphatic rings. The summed E-state index contributed by atoms with van der Waals surface area (Å²) in [4.78, 5) is 25.5. The molecule has 0 aliphatic carbocycles. The first-order chi connectivity index (χ1) is 10.5. The largest absolute Gasteiger partial charge is 0.345 e. The lowest BCUT2D eigenvalue weighted by molar-refractivity contribution is -0.116. The van der Waals surface area contributed by atoms with E-state index in [1.54, 1.807) is 31.1 Å². The van der Waals surface area contributed by atoms with Crippen LogP contribution in [0.25, 0.3) is 0 Å². The number of aryl methyl sites for hydroxylation is 1. The Balaban J connectivity index is 0.00000264. The van der Waals surface area contributed by atoms with E-state index in [1.165, 1.54) is 0 Å². The molecule has 2 amide bonds. The van der Waals surface area contributed by atoms with Gasteiger partial charge < -0.3 is 15.5 Å². The number of amides is 2. The second-order valence-electron chi connectivity index (χ2n) is 6.17. The van der Waals surface area contributed by atoms with Crippen molar-refractivity contribution >= 4 is 29.9 Å². The number of rotatable bonds is 5. The molecule has 1 saturated heterocycles. The number of hydrogen-bond acceptors (Lipinski definition) is 3. The van der Waals surface area contributed by atoms with E-state index in [0.717, 1.165) is 37.2 Å². The molecule has 2 N–H and O–H groups in total. The first kappa shape index (κ1) is 19.5. The summed E-state index contributed by atoms with van der Waals surface area (Å²) in [6, 6.07) is 5.42. The fourth-order valence-electron chi connectivity index (χ4n) is 2.74. The van der Waals surface area contributed by atoms with Crippen molar-refractivity contribution in [3.8, 4) is 0 Å². The third kappa shape index (κ3) is 5.52.